The Morgan fingerprint density at radius 2 is 2.14 bits per heavy atom. The van der Waals surface area contributed by atoms with Crippen LogP contribution in [0.15, 0.2) is 36.5 Å². The summed E-state index contributed by atoms with van der Waals surface area (Å²) in [4.78, 5) is 40.4. The number of anilines is 1. The van der Waals surface area contributed by atoms with Gasteiger partial charge in [0.05, 0.1) is 19.1 Å². The van der Waals surface area contributed by atoms with Gasteiger partial charge in [-0.3, -0.25) is 9.59 Å². The number of rotatable bonds is 4. The molecular weight excluding hydrogens is 386 g/mol. The van der Waals surface area contributed by atoms with Crippen LogP contribution in [0, 0.1) is 10.1 Å². The molecule has 3 rings (SSSR count). The standard InChI is InChI=1S/C19H18ClN3O5/c1-28-18(24)9-12-3-2-8-22(16-6-5-14(20)10-15(12)16)19(25)13-4-7-17(21-11-13)23(26)27/h4-7,10-12H,2-3,8-9H2,1H3. The largest absolute Gasteiger partial charge is 0.469 e. The lowest BCUT2D eigenvalue weighted by Gasteiger charge is -2.24. The number of ether oxygens (including phenoxy) is 1. The second-order valence-corrected chi connectivity index (χ2v) is 6.88. The van der Waals surface area contributed by atoms with Gasteiger partial charge in [0.25, 0.3) is 5.91 Å². The lowest BCUT2D eigenvalue weighted by atomic mass is 9.91. The summed E-state index contributed by atoms with van der Waals surface area (Å²) in [6, 6.07) is 7.80. The van der Waals surface area contributed by atoms with Crippen LogP contribution in [0.2, 0.25) is 5.02 Å². The van der Waals surface area contributed by atoms with Crippen LogP contribution in [-0.4, -0.2) is 35.4 Å². The number of esters is 1. The van der Waals surface area contributed by atoms with Crippen molar-refractivity contribution in [3.8, 4) is 0 Å². The molecule has 0 saturated carbocycles. The van der Waals surface area contributed by atoms with Crippen molar-refractivity contribution >= 4 is 35.0 Å². The summed E-state index contributed by atoms with van der Waals surface area (Å²) in [5.41, 5.74) is 1.72. The fourth-order valence-corrected chi connectivity index (χ4v) is 3.53. The minimum atomic E-state index is -0.616. The van der Waals surface area contributed by atoms with Gasteiger partial charge in [-0.1, -0.05) is 11.6 Å². The zero-order chi connectivity index (χ0) is 20.3. The monoisotopic (exact) mass is 403 g/mol. The van der Waals surface area contributed by atoms with Gasteiger partial charge in [0.2, 0.25) is 0 Å². The summed E-state index contributed by atoms with van der Waals surface area (Å²) in [5, 5.41) is 11.3. The van der Waals surface area contributed by atoms with Crippen LogP contribution in [0.25, 0.3) is 0 Å². The van der Waals surface area contributed by atoms with E-state index in [1.807, 2.05) is 0 Å². The van der Waals surface area contributed by atoms with Crippen molar-refractivity contribution in [2.45, 2.75) is 25.2 Å². The minimum Gasteiger partial charge on any atom is -0.469 e. The molecular formula is C19H18ClN3O5. The Labute approximate surface area is 166 Å². The lowest BCUT2D eigenvalue weighted by Crippen LogP contribution is -2.31. The van der Waals surface area contributed by atoms with Gasteiger partial charge in [0, 0.05) is 23.3 Å². The number of carbonyl (C=O) groups excluding carboxylic acids is 2. The van der Waals surface area contributed by atoms with Crippen molar-refractivity contribution in [3.63, 3.8) is 0 Å². The molecule has 0 aliphatic carbocycles. The van der Waals surface area contributed by atoms with Crippen LogP contribution in [0.5, 0.6) is 0 Å². The van der Waals surface area contributed by atoms with Crippen molar-refractivity contribution in [1.82, 2.24) is 4.98 Å². The molecule has 2 aromatic rings. The first-order valence-electron chi connectivity index (χ1n) is 8.69. The second-order valence-electron chi connectivity index (χ2n) is 6.44. The molecule has 2 heterocycles. The van der Waals surface area contributed by atoms with Crippen molar-refractivity contribution in [3.05, 3.63) is 62.8 Å². The van der Waals surface area contributed by atoms with Crippen LogP contribution >= 0.6 is 11.6 Å². The maximum absolute atomic E-state index is 13.1. The van der Waals surface area contributed by atoms with E-state index in [0.29, 0.717) is 30.1 Å². The number of fused-ring (bicyclic) bond motifs is 1. The first kappa shape index (κ1) is 19.8. The number of amides is 1. The molecule has 0 spiro atoms. The molecule has 8 nitrogen and oxygen atoms in total. The number of halogens is 1. The van der Waals surface area contributed by atoms with E-state index >= 15 is 0 Å². The zero-order valence-electron chi connectivity index (χ0n) is 15.1. The first-order chi connectivity index (χ1) is 13.4. The molecule has 0 bridgehead atoms. The van der Waals surface area contributed by atoms with E-state index in [9.17, 15) is 19.7 Å². The lowest BCUT2D eigenvalue weighted by molar-refractivity contribution is -0.389. The Bertz CT molecular complexity index is 916. The zero-order valence-corrected chi connectivity index (χ0v) is 15.9. The van der Waals surface area contributed by atoms with Gasteiger partial charge in [-0.15, -0.1) is 0 Å². The van der Waals surface area contributed by atoms with Crippen molar-refractivity contribution in [2.75, 3.05) is 18.6 Å². The maximum atomic E-state index is 13.1. The molecule has 0 saturated heterocycles. The van der Waals surface area contributed by atoms with Crippen LogP contribution in [0.3, 0.4) is 0 Å². The minimum absolute atomic E-state index is 0.117. The molecule has 1 amide bonds. The van der Waals surface area contributed by atoms with Crippen molar-refractivity contribution in [2.24, 2.45) is 0 Å². The molecule has 0 N–H and O–H groups in total. The van der Waals surface area contributed by atoms with E-state index in [4.69, 9.17) is 16.3 Å². The van der Waals surface area contributed by atoms with Gasteiger partial charge >= 0.3 is 11.8 Å². The van der Waals surface area contributed by atoms with E-state index in [1.165, 1.54) is 25.4 Å². The maximum Gasteiger partial charge on any atom is 0.363 e. The molecule has 1 aliphatic heterocycles. The summed E-state index contributed by atoms with van der Waals surface area (Å²) in [5.74, 6) is -1.08. The third kappa shape index (κ3) is 4.12. The quantitative estimate of drug-likeness (QED) is 0.437. The Balaban J connectivity index is 1.96. The van der Waals surface area contributed by atoms with Crippen LogP contribution in [-0.2, 0) is 9.53 Å². The van der Waals surface area contributed by atoms with Crippen LogP contribution in [0.4, 0.5) is 11.5 Å². The third-order valence-corrected chi connectivity index (χ3v) is 4.96. The average Bonchev–Trinajstić information content (AvgIpc) is 2.86. The van der Waals surface area contributed by atoms with Crippen LogP contribution in [0.1, 0.15) is 41.1 Å². The number of nitrogens with zero attached hydrogens (tertiary/aromatic N) is 3. The number of pyridine rings is 1. The SMILES string of the molecule is COC(=O)CC1CCCN(C(=O)c2ccc([N+](=O)[O-])nc2)c2ccc(Cl)cc21. The Hall–Kier alpha value is -3.00. The smallest absolute Gasteiger partial charge is 0.363 e. The number of aromatic nitrogens is 1. The van der Waals surface area contributed by atoms with Crippen molar-refractivity contribution < 1.29 is 19.2 Å². The van der Waals surface area contributed by atoms with E-state index in [1.54, 1.807) is 23.1 Å². The summed E-state index contributed by atoms with van der Waals surface area (Å²) in [6.07, 6.45) is 2.78. The Morgan fingerprint density at radius 1 is 1.36 bits per heavy atom. The van der Waals surface area contributed by atoms with Gasteiger partial charge < -0.3 is 19.8 Å². The molecule has 1 aromatic heterocycles. The predicted molar refractivity (Wildman–Crippen MR) is 103 cm³/mol. The molecule has 28 heavy (non-hydrogen) atoms. The molecule has 0 radical (unpaired) electrons. The molecule has 0 fully saturated rings. The number of methoxy groups -OCH3 is 1. The summed E-state index contributed by atoms with van der Waals surface area (Å²) in [7, 11) is 1.34. The molecule has 1 aromatic carbocycles. The highest BCUT2D eigenvalue weighted by Crippen LogP contribution is 2.38. The Morgan fingerprint density at radius 3 is 2.79 bits per heavy atom. The van der Waals surface area contributed by atoms with E-state index in [2.05, 4.69) is 4.98 Å². The normalized spacial score (nSPS) is 16.1. The Kier molecular flexibility index (Phi) is 5.89. The number of carbonyl (C=O) groups is 2. The van der Waals surface area contributed by atoms with Crippen LogP contribution < -0.4 is 4.90 Å². The predicted octanol–water partition coefficient (Wildman–Crippen LogP) is 3.73. The van der Waals surface area contributed by atoms with E-state index in [-0.39, 0.29) is 35.6 Å². The van der Waals surface area contributed by atoms with E-state index < -0.39 is 4.92 Å². The molecule has 9 heteroatoms. The summed E-state index contributed by atoms with van der Waals surface area (Å²) in [6.45, 7) is 0.447. The molecule has 146 valence electrons. The van der Waals surface area contributed by atoms with Gasteiger partial charge in [0.1, 0.15) is 0 Å². The van der Waals surface area contributed by atoms with Gasteiger partial charge in [-0.05, 0) is 58.5 Å². The highest BCUT2D eigenvalue weighted by molar-refractivity contribution is 6.30. The molecule has 1 aliphatic rings. The van der Waals surface area contributed by atoms with Gasteiger partial charge in [0.15, 0.2) is 6.20 Å². The van der Waals surface area contributed by atoms with E-state index in [0.717, 1.165) is 5.56 Å². The number of hydrogen-bond donors (Lipinski definition) is 0. The topological polar surface area (TPSA) is 103 Å². The highest BCUT2D eigenvalue weighted by Gasteiger charge is 2.29. The second kappa shape index (κ2) is 8.35. The fourth-order valence-electron chi connectivity index (χ4n) is 3.35. The van der Waals surface area contributed by atoms with Crippen molar-refractivity contribution in [1.29, 1.82) is 0 Å². The highest BCUT2D eigenvalue weighted by atomic mass is 35.5. The summed E-state index contributed by atoms with van der Waals surface area (Å²) < 4.78 is 4.80. The third-order valence-electron chi connectivity index (χ3n) is 4.72. The van der Waals surface area contributed by atoms with Gasteiger partial charge in [-0.2, -0.15) is 0 Å². The average molecular weight is 404 g/mol. The molecule has 1 unspecified atom stereocenters. The fraction of sp³-hybridized carbons (Fsp3) is 0.316. The first-order valence-corrected chi connectivity index (χ1v) is 9.07. The summed E-state index contributed by atoms with van der Waals surface area (Å²) >= 11 is 6.16. The molecule has 1 atom stereocenters. The number of benzene rings is 1. The van der Waals surface area contributed by atoms with Gasteiger partial charge in [-0.25, -0.2) is 0 Å². The number of nitro groups is 1. The number of hydrogen-bond acceptors (Lipinski definition) is 6.